The summed E-state index contributed by atoms with van der Waals surface area (Å²) in [6.45, 7) is 8.71. The van der Waals surface area contributed by atoms with Crippen LogP contribution < -0.4 is 9.47 Å². The highest BCUT2D eigenvalue weighted by atomic mass is 79.9. The fraction of sp³-hybridized carbons (Fsp3) is 0.273. The number of halogens is 1. The molecule has 0 unspecified atom stereocenters. The average Bonchev–Trinajstić information content (AvgIpc) is 2.92. The zero-order valence-corrected chi connectivity index (χ0v) is 17.9. The van der Waals surface area contributed by atoms with Gasteiger partial charge in [0.25, 0.3) is 0 Å². The predicted octanol–water partition coefficient (Wildman–Crippen LogP) is 5.36. The number of carbonyl (C=O) groups is 1. The van der Waals surface area contributed by atoms with E-state index in [9.17, 15) is 4.79 Å². The van der Waals surface area contributed by atoms with Crippen LogP contribution in [0.3, 0.4) is 0 Å². The van der Waals surface area contributed by atoms with Gasteiger partial charge in [0.2, 0.25) is 0 Å². The topological polar surface area (TPSA) is 57.1 Å². The maximum Gasteiger partial charge on any atom is 0.367 e. The molecule has 3 rings (SSSR count). The van der Waals surface area contributed by atoms with Gasteiger partial charge in [-0.05, 0) is 73.0 Å². The van der Waals surface area contributed by atoms with E-state index < -0.39 is 5.97 Å². The van der Waals surface area contributed by atoms with Crippen LogP contribution in [0.5, 0.6) is 11.5 Å². The summed E-state index contributed by atoms with van der Waals surface area (Å²) in [5, 5.41) is 3.70. The second kappa shape index (κ2) is 8.61. The Kier molecular flexibility index (Phi) is 6.19. The van der Waals surface area contributed by atoms with E-state index in [1.165, 1.54) is 11.1 Å². The molecule has 0 atom stereocenters. The fourth-order valence-electron chi connectivity index (χ4n) is 3.07. The van der Waals surface area contributed by atoms with E-state index in [1.807, 2.05) is 19.1 Å². The van der Waals surface area contributed by atoms with Gasteiger partial charge in [0.05, 0.1) is 22.4 Å². The van der Waals surface area contributed by atoms with Crippen molar-refractivity contribution in [1.82, 2.24) is 0 Å². The molecule has 0 spiro atoms. The first kappa shape index (κ1) is 20.1. The molecule has 0 saturated carbocycles. The molecule has 1 heterocycles. The van der Waals surface area contributed by atoms with Crippen molar-refractivity contribution in [3.63, 3.8) is 0 Å². The summed E-state index contributed by atoms with van der Waals surface area (Å²) >= 11 is 3.57. The second-order valence-corrected chi connectivity index (χ2v) is 7.52. The summed E-state index contributed by atoms with van der Waals surface area (Å²) in [5.41, 5.74) is 5.26. The minimum absolute atomic E-state index is 0.429. The second-order valence-electron chi connectivity index (χ2n) is 6.66. The minimum Gasteiger partial charge on any atom is -0.490 e. The summed E-state index contributed by atoms with van der Waals surface area (Å²) in [6, 6.07) is 10.1. The van der Waals surface area contributed by atoms with E-state index in [-0.39, 0.29) is 0 Å². The van der Waals surface area contributed by atoms with E-state index in [0.717, 1.165) is 15.6 Å². The van der Waals surface area contributed by atoms with Crippen molar-refractivity contribution < 1.29 is 19.1 Å². The zero-order valence-electron chi connectivity index (χ0n) is 16.3. The van der Waals surface area contributed by atoms with Gasteiger partial charge in [0.15, 0.2) is 11.5 Å². The van der Waals surface area contributed by atoms with Gasteiger partial charge in [-0.25, -0.2) is 4.79 Å². The van der Waals surface area contributed by atoms with Crippen molar-refractivity contribution in [2.45, 2.75) is 34.3 Å². The lowest BCUT2D eigenvalue weighted by Gasteiger charge is -2.15. The summed E-state index contributed by atoms with van der Waals surface area (Å²) in [6.07, 6.45) is 1.73. The average molecular weight is 444 g/mol. The third kappa shape index (κ3) is 4.62. The highest BCUT2D eigenvalue weighted by Crippen LogP contribution is 2.38. The van der Waals surface area contributed by atoms with Crippen molar-refractivity contribution in [2.24, 2.45) is 5.16 Å². The van der Waals surface area contributed by atoms with Gasteiger partial charge in [0.1, 0.15) is 6.61 Å². The van der Waals surface area contributed by atoms with Gasteiger partial charge in [-0.2, -0.15) is 0 Å². The lowest BCUT2D eigenvalue weighted by molar-refractivity contribution is -0.136. The molecule has 0 bridgehead atoms. The Morgan fingerprint density at radius 3 is 2.39 bits per heavy atom. The van der Waals surface area contributed by atoms with Gasteiger partial charge >= 0.3 is 5.97 Å². The largest absolute Gasteiger partial charge is 0.490 e. The number of rotatable bonds is 6. The monoisotopic (exact) mass is 443 g/mol. The molecule has 5 nitrogen and oxygen atoms in total. The van der Waals surface area contributed by atoms with Crippen LogP contribution in [-0.2, 0) is 16.2 Å². The quantitative estimate of drug-likeness (QED) is 0.445. The standard InChI is InChI=1S/C22H22BrNO4/c1-5-26-20-11-16(9-18-15(4)24-28-22(18)25)10-19(23)21(20)27-12-17-7-13(2)6-14(3)8-17/h6-11H,5,12H2,1-4H3/b18-9+. The van der Waals surface area contributed by atoms with E-state index in [1.54, 1.807) is 13.0 Å². The molecular weight excluding hydrogens is 422 g/mol. The lowest BCUT2D eigenvalue weighted by atomic mass is 10.1. The molecular formula is C22H22BrNO4. The Morgan fingerprint density at radius 2 is 1.79 bits per heavy atom. The SMILES string of the molecule is CCOc1cc(/C=C2/C(=O)ON=C2C)cc(Br)c1OCc1cc(C)cc(C)c1. The number of ether oxygens (including phenoxy) is 2. The first-order chi connectivity index (χ1) is 13.4. The molecule has 28 heavy (non-hydrogen) atoms. The number of nitrogens with zero attached hydrogens (tertiary/aromatic N) is 1. The fourth-order valence-corrected chi connectivity index (χ4v) is 3.64. The Bertz CT molecular complexity index is 958. The van der Waals surface area contributed by atoms with E-state index in [0.29, 0.717) is 36.0 Å². The molecule has 0 saturated heterocycles. The normalized spacial score (nSPS) is 14.8. The molecule has 1 aliphatic rings. The summed E-state index contributed by atoms with van der Waals surface area (Å²) in [4.78, 5) is 16.5. The molecule has 0 aromatic heterocycles. The molecule has 2 aromatic rings. The molecule has 0 aliphatic carbocycles. The number of benzene rings is 2. The van der Waals surface area contributed by atoms with Crippen molar-refractivity contribution in [1.29, 1.82) is 0 Å². The smallest absolute Gasteiger partial charge is 0.367 e. The summed E-state index contributed by atoms with van der Waals surface area (Å²) < 4.78 is 12.6. The molecule has 2 aromatic carbocycles. The van der Waals surface area contributed by atoms with Gasteiger partial charge in [-0.1, -0.05) is 34.5 Å². The van der Waals surface area contributed by atoms with Crippen molar-refractivity contribution in [3.05, 3.63) is 62.6 Å². The summed E-state index contributed by atoms with van der Waals surface area (Å²) in [7, 11) is 0. The van der Waals surface area contributed by atoms with Gasteiger partial charge < -0.3 is 14.3 Å². The predicted molar refractivity (Wildman–Crippen MR) is 113 cm³/mol. The Labute approximate surface area is 173 Å². The van der Waals surface area contributed by atoms with Crippen LogP contribution in [0, 0.1) is 13.8 Å². The lowest BCUT2D eigenvalue weighted by Crippen LogP contribution is -2.03. The Hall–Kier alpha value is -2.60. The van der Waals surface area contributed by atoms with Crippen LogP contribution in [0.25, 0.3) is 6.08 Å². The maximum atomic E-state index is 11.8. The number of oxime groups is 1. The van der Waals surface area contributed by atoms with Gasteiger partial charge in [-0.3, -0.25) is 0 Å². The van der Waals surface area contributed by atoms with Crippen LogP contribution in [0.1, 0.15) is 36.1 Å². The maximum absolute atomic E-state index is 11.8. The molecule has 0 fully saturated rings. The third-order valence-electron chi connectivity index (χ3n) is 4.18. The van der Waals surface area contributed by atoms with E-state index in [4.69, 9.17) is 14.3 Å². The Morgan fingerprint density at radius 1 is 1.07 bits per heavy atom. The van der Waals surface area contributed by atoms with Crippen LogP contribution in [0.15, 0.2) is 45.5 Å². The summed E-state index contributed by atoms with van der Waals surface area (Å²) in [5.74, 6) is 0.776. The highest BCUT2D eigenvalue weighted by molar-refractivity contribution is 9.10. The Balaban J connectivity index is 1.90. The van der Waals surface area contributed by atoms with E-state index in [2.05, 4.69) is 53.1 Å². The molecule has 146 valence electrons. The zero-order chi connectivity index (χ0) is 20.3. The van der Waals surface area contributed by atoms with Crippen LogP contribution in [0.2, 0.25) is 0 Å². The molecule has 6 heteroatoms. The first-order valence-corrected chi connectivity index (χ1v) is 9.81. The minimum atomic E-state index is -0.457. The third-order valence-corrected chi connectivity index (χ3v) is 4.77. The number of hydrogen-bond donors (Lipinski definition) is 0. The van der Waals surface area contributed by atoms with Crippen LogP contribution in [0.4, 0.5) is 0 Å². The number of hydrogen-bond acceptors (Lipinski definition) is 5. The van der Waals surface area contributed by atoms with E-state index >= 15 is 0 Å². The van der Waals surface area contributed by atoms with Crippen molar-refractivity contribution in [2.75, 3.05) is 6.61 Å². The van der Waals surface area contributed by atoms with Gasteiger partial charge in [0, 0.05) is 0 Å². The van der Waals surface area contributed by atoms with Crippen LogP contribution >= 0.6 is 15.9 Å². The van der Waals surface area contributed by atoms with Crippen LogP contribution in [-0.4, -0.2) is 18.3 Å². The van der Waals surface area contributed by atoms with Gasteiger partial charge in [-0.15, -0.1) is 0 Å². The number of aryl methyl sites for hydroxylation is 2. The molecule has 0 amide bonds. The van der Waals surface area contributed by atoms with Crippen molar-refractivity contribution >= 4 is 33.7 Å². The van der Waals surface area contributed by atoms with Crippen molar-refractivity contribution in [3.8, 4) is 11.5 Å². The molecule has 0 N–H and O–H groups in total. The molecule has 1 aliphatic heterocycles. The number of carbonyl (C=O) groups excluding carboxylic acids is 1. The molecule has 0 radical (unpaired) electrons. The first-order valence-electron chi connectivity index (χ1n) is 9.01. The highest BCUT2D eigenvalue weighted by Gasteiger charge is 2.22.